The Morgan fingerprint density at radius 2 is 2.14 bits per heavy atom. The van der Waals surface area contributed by atoms with Gasteiger partial charge in [-0.15, -0.1) is 0 Å². The molecule has 1 aromatic carbocycles. The summed E-state index contributed by atoms with van der Waals surface area (Å²) >= 11 is 4.96. The third kappa shape index (κ3) is 1.47. The summed E-state index contributed by atoms with van der Waals surface area (Å²) in [6, 6.07) is 7.12. The number of benzene rings is 1. The summed E-state index contributed by atoms with van der Waals surface area (Å²) in [5.41, 5.74) is 0.769. The van der Waals surface area contributed by atoms with Gasteiger partial charge in [0.2, 0.25) is 0 Å². The summed E-state index contributed by atoms with van der Waals surface area (Å²) in [5, 5.41) is 0.821. The molecule has 1 unspecified atom stereocenters. The Kier molecular flexibility index (Phi) is 2.37. The topological polar surface area (TPSA) is 62.3 Å². The summed E-state index contributed by atoms with van der Waals surface area (Å²) in [5.74, 6) is 0. The molecule has 14 heavy (non-hydrogen) atoms. The van der Waals surface area contributed by atoms with Crippen LogP contribution in [0.4, 0.5) is 0 Å². The van der Waals surface area contributed by atoms with Crippen LogP contribution in [0.3, 0.4) is 0 Å². The monoisotopic (exact) mass is 231 g/mol. The number of rotatable bonds is 2. The average molecular weight is 232 g/mol. The van der Waals surface area contributed by atoms with E-state index in [2.05, 4.69) is 9.06 Å². The molecule has 0 radical (unpaired) electrons. The third-order valence-corrected chi connectivity index (χ3v) is 3.69. The van der Waals surface area contributed by atoms with Crippen molar-refractivity contribution >= 4 is 35.7 Å². The molecule has 0 fully saturated rings. The van der Waals surface area contributed by atoms with Crippen molar-refractivity contribution in [1.82, 2.24) is 4.98 Å². The van der Waals surface area contributed by atoms with Crippen LogP contribution in [0.2, 0.25) is 0 Å². The van der Waals surface area contributed by atoms with E-state index < -0.39 is 7.60 Å². The zero-order valence-electron chi connectivity index (χ0n) is 6.98. The Morgan fingerprint density at radius 3 is 2.86 bits per heavy atom. The minimum absolute atomic E-state index is 0.183. The predicted molar refractivity (Wildman–Crippen MR) is 54.7 cm³/mol. The second-order valence-electron chi connectivity index (χ2n) is 2.81. The molecule has 0 saturated carbocycles. The van der Waals surface area contributed by atoms with Crippen LogP contribution >= 0.6 is 19.5 Å². The van der Waals surface area contributed by atoms with Crippen molar-refractivity contribution in [3.63, 3.8) is 0 Å². The van der Waals surface area contributed by atoms with Crippen LogP contribution in [0.15, 0.2) is 30.5 Å². The maximum Gasteiger partial charge on any atom is 0.377 e. The second kappa shape index (κ2) is 3.41. The molecule has 0 bridgehead atoms. The zero-order chi connectivity index (χ0) is 10.2. The predicted octanol–water partition coefficient (Wildman–Crippen LogP) is 2.15. The molecule has 0 saturated heterocycles. The molecule has 0 aliphatic carbocycles. The number of halogens is 1. The van der Waals surface area contributed by atoms with Crippen molar-refractivity contribution in [1.29, 1.82) is 0 Å². The Balaban J connectivity index is 2.70. The Bertz CT molecular complexity index is 510. The molecular weight excluding hydrogens is 225 g/mol. The summed E-state index contributed by atoms with van der Waals surface area (Å²) in [6.07, 6.45) is 1.42. The fourth-order valence-electron chi connectivity index (χ4n) is 1.33. The highest BCUT2D eigenvalue weighted by molar-refractivity contribution is 7.62. The lowest BCUT2D eigenvalue weighted by Gasteiger charge is -2.03. The molecule has 2 N–H and O–H groups in total. The van der Waals surface area contributed by atoms with Crippen molar-refractivity contribution in [2.24, 2.45) is 0 Å². The molecule has 2 rings (SSSR count). The van der Waals surface area contributed by atoms with Gasteiger partial charge in [0.25, 0.3) is 0 Å². The maximum atomic E-state index is 11.4. The first kappa shape index (κ1) is 9.74. The highest BCUT2D eigenvalue weighted by Crippen LogP contribution is 2.43. The minimum atomic E-state index is -3.89. The SMILES string of the molecule is O=P(O)(OCl)c1c[nH]c2ccccc12. The largest absolute Gasteiger partial charge is 0.377 e. The smallest absolute Gasteiger partial charge is 0.360 e. The van der Waals surface area contributed by atoms with E-state index in [9.17, 15) is 9.46 Å². The standard InChI is InChI=1S/C8H7ClNO3P/c9-13-14(11,12)8-5-10-7-4-2-1-3-6(7)8/h1-5,10H,(H,11,12). The van der Waals surface area contributed by atoms with Crippen molar-refractivity contribution in [2.75, 3.05) is 0 Å². The van der Waals surface area contributed by atoms with E-state index in [1.165, 1.54) is 6.20 Å². The minimum Gasteiger partial charge on any atom is -0.360 e. The van der Waals surface area contributed by atoms with E-state index in [0.29, 0.717) is 5.39 Å². The van der Waals surface area contributed by atoms with E-state index in [4.69, 9.17) is 11.9 Å². The fraction of sp³-hybridized carbons (Fsp3) is 0. The molecule has 0 aliphatic rings. The van der Waals surface area contributed by atoms with Gasteiger partial charge in [0, 0.05) is 17.1 Å². The average Bonchev–Trinajstić information content (AvgIpc) is 2.61. The quantitative estimate of drug-likeness (QED) is 0.779. The molecule has 0 aliphatic heterocycles. The summed E-state index contributed by atoms with van der Waals surface area (Å²) in [4.78, 5) is 12.2. The van der Waals surface area contributed by atoms with Gasteiger partial charge in [0.1, 0.15) is 0 Å². The van der Waals surface area contributed by atoms with Crippen molar-refractivity contribution < 1.29 is 13.5 Å². The van der Waals surface area contributed by atoms with Crippen molar-refractivity contribution in [3.8, 4) is 0 Å². The van der Waals surface area contributed by atoms with Crippen LogP contribution in [-0.2, 0) is 8.64 Å². The number of aromatic nitrogens is 1. The van der Waals surface area contributed by atoms with Gasteiger partial charge in [0.05, 0.1) is 17.2 Å². The number of para-hydroxylation sites is 1. The van der Waals surface area contributed by atoms with Gasteiger partial charge in [-0.2, -0.15) is 4.08 Å². The highest BCUT2D eigenvalue weighted by Gasteiger charge is 2.25. The third-order valence-electron chi connectivity index (χ3n) is 1.97. The highest BCUT2D eigenvalue weighted by atomic mass is 35.5. The van der Waals surface area contributed by atoms with Crippen LogP contribution in [0, 0.1) is 0 Å². The number of hydrogen-bond acceptors (Lipinski definition) is 2. The maximum absolute atomic E-state index is 11.4. The Morgan fingerprint density at radius 1 is 1.43 bits per heavy atom. The zero-order valence-corrected chi connectivity index (χ0v) is 8.63. The van der Waals surface area contributed by atoms with Crippen molar-refractivity contribution in [3.05, 3.63) is 30.5 Å². The number of nitrogens with one attached hydrogen (secondary N) is 1. The second-order valence-corrected chi connectivity index (χ2v) is 4.88. The Hall–Kier alpha value is -0.800. The summed E-state index contributed by atoms with van der Waals surface area (Å²) in [6.45, 7) is 0. The van der Waals surface area contributed by atoms with E-state index in [1.807, 2.05) is 6.07 Å². The van der Waals surface area contributed by atoms with Gasteiger partial charge in [-0.25, -0.2) is 0 Å². The van der Waals surface area contributed by atoms with E-state index >= 15 is 0 Å². The summed E-state index contributed by atoms with van der Waals surface area (Å²) in [7, 11) is -3.89. The van der Waals surface area contributed by atoms with Crippen molar-refractivity contribution in [2.45, 2.75) is 0 Å². The van der Waals surface area contributed by atoms with E-state index in [1.54, 1.807) is 18.2 Å². The first-order valence-corrected chi connectivity index (χ1v) is 5.73. The van der Waals surface area contributed by atoms with Gasteiger partial charge < -0.3 is 9.88 Å². The van der Waals surface area contributed by atoms with Crippen LogP contribution in [0.1, 0.15) is 0 Å². The van der Waals surface area contributed by atoms with Crippen LogP contribution in [0.5, 0.6) is 0 Å². The number of aromatic amines is 1. The lowest BCUT2D eigenvalue weighted by Crippen LogP contribution is -2.01. The van der Waals surface area contributed by atoms with Gasteiger partial charge in [0.15, 0.2) is 0 Å². The lowest BCUT2D eigenvalue weighted by atomic mass is 10.2. The van der Waals surface area contributed by atoms with E-state index in [0.717, 1.165) is 5.52 Å². The van der Waals surface area contributed by atoms with Gasteiger partial charge in [-0.3, -0.25) is 4.57 Å². The summed E-state index contributed by atoms with van der Waals surface area (Å²) < 4.78 is 15.5. The first-order chi connectivity index (χ1) is 6.65. The normalized spacial score (nSPS) is 15.6. The number of hydrogen-bond donors (Lipinski definition) is 2. The lowest BCUT2D eigenvalue weighted by molar-refractivity contribution is 0.408. The first-order valence-electron chi connectivity index (χ1n) is 3.85. The molecule has 0 amide bonds. The van der Waals surface area contributed by atoms with Gasteiger partial charge in [-0.05, 0) is 6.07 Å². The molecule has 1 heterocycles. The van der Waals surface area contributed by atoms with Crippen LogP contribution < -0.4 is 5.30 Å². The molecule has 0 spiro atoms. The Labute approximate surface area is 85.2 Å². The molecule has 2 aromatic rings. The van der Waals surface area contributed by atoms with Crippen LogP contribution in [-0.4, -0.2) is 9.88 Å². The molecular formula is C8H7ClNO3P. The molecule has 4 nitrogen and oxygen atoms in total. The molecule has 6 heteroatoms. The molecule has 1 atom stereocenters. The number of H-pyrrole nitrogens is 1. The molecule has 1 aromatic heterocycles. The van der Waals surface area contributed by atoms with Crippen LogP contribution in [0.25, 0.3) is 10.9 Å². The van der Waals surface area contributed by atoms with Gasteiger partial charge in [-0.1, -0.05) is 18.2 Å². The van der Waals surface area contributed by atoms with Gasteiger partial charge >= 0.3 is 7.60 Å². The number of fused-ring (bicyclic) bond motifs is 1. The molecule has 74 valence electrons. The fourth-order valence-corrected chi connectivity index (χ4v) is 2.35. The van der Waals surface area contributed by atoms with E-state index in [-0.39, 0.29) is 5.30 Å².